The molecule has 0 aromatic carbocycles. The van der Waals surface area contributed by atoms with E-state index >= 15 is 0 Å². The predicted molar refractivity (Wildman–Crippen MR) is 97.3 cm³/mol. The Morgan fingerprint density at radius 3 is 2.85 bits per heavy atom. The van der Waals surface area contributed by atoms with Crippen LogP contribution in [0.3, 0.4) is 0 Å². The Kier molecular flexibility index (Phi) is 3.29. The largest absolute Gasteiger partial charge is 0.272 e. The lowest BCUT2D eigenvalue weighted by Gasteiger charge is -2.69. The van der Waals surface area contributed by atoms with Crippen molar-refractivity contribution in [3.8, 4) is 6.07 Å². The monoisotopic (exact) mass is 360 g/mol. The van der Waals surface area contributed by atoms with E-state index in [0.717, 1.165) is 36.9 Å². The fraction of sp³-hybridized carbons (Fsp3) is 0.450. The van der Waals surface area contributed by atoms with Gasteiger partial charge in [-0.15, -0.1) is 0 Å². The first-order chi connectivity index (χ1) is 13.0. The lowest BCUT2D eigenvalue weighted by Crippen LogP contribution is -2.68. The maximum absolute atomic E-state index is 13.2. The van der Waals surface area contributed by atoms with Gasteiger partial charge in [-0.2, -0.15) is 15.5 Å². The Labute approximate surface area is 157 Å². The minimum atomic E-state index is -0.262. The lowest BCUT2D eigenvalue weighted by molar-refractivity contribution is -0.223. The van der Waals surface area contributed by atoms with Gasteiger partial charge in [0.2, 0.25) is 5.91 Å². The average molecular weight is 360 g/mol. The molecule has 6 rings (SSSR count). The second-order valence-electron chi connectivity index (χ2n) is 8.34. The van der Waals surface area contributed by atoms with Crippen LogP contribution < -0.4 is 0 Å². The van der Waals surface area contributed by atoms with Gasteiger partial charge in [-0.05, 0) is 48.8 Å². The van der Waals surface area contributed by atoms with Crippen LogP contribution in [0.25, 0.3) is 0 Å². The number of nitrogens with zero attached hydrogens (tertiary/aromatic N) is 6. The standard InChI is InChI=1S/C20H20N6O/c1-14-6-24-25(9-14)13-19-10-20(11-19,12-19)18(27)26-17(2-3-23-26)16-4-15(5-21)7-22-8-16/h3-4,6-9,17H,2,10-13H2,1H3. The first-order valence-corrected chi connectivity index (χ1v) is 9.23. The van der Waals surface area contributed by atoms with Crippen molar-refractivity contribution in [2.75, 3.05) is 0 Å². The van der Waals surface area contributed by atoms with Crippen LogP contribution in [0.5, 0.6) is 0 Å². The normalized spacial score (nSPS) is 30.5. The van der Waals surface area contributed by atoms with E-state index in [0.29, 0.717) is 12.0 Å². The van der Waals surface area contributed by atoms with Crippen molar-refractivity contribution in [2.24, 2.45) is 15.9 Å². The minimum absolute atomic E-state index is 0.113. The van der Waals surface area contributed by atoms with E-state index in [2.05, 4.69) is 27.5 Å². The van der Waals surface area contributed by atoms with Gasteiger partial charge in [0.25, 0.3) is 0 Å². The van der Waals surface area contributed by atoms with E-state index < -0.39 is 0 Å². The van der Waals surface area contributed by atoms with Gasteiger partial charge in [-0.25, -0.2) is 5.01 Å². The first-order valence-electron chi connectivity index (χ1n) is 9.23. The Hall–Kier alpha value is -3.01. The number of hydrogen-bond donors (Lipinski definition) is 0. The van der Waals surface area contributed by atoms with Gasteiger partial charge in [-0.1, -0.05) is 0 Å². The fourth-order valence-electron chi connectivity index (χ4n) is 5.12. The zero-order valence-corrected chi connectivity index (χ0v) is 15.2. The zero-order valence-electron chi connectivity index (χ0n) is 15.2. The molecule has 0 spiro atoms. The number of hydrazone groups is 1. The summed E-state index contributed by atoms with van der Waals surface area (Å²) in [6.45, 7) is 2.93. The van der Waals surface area contributed by atoms with Crippen molar-refractivity contribution >= 4 is 12.1 Å². The number of aromatic nitrogens is 3. The zero-order chi connectivity index (χ0) is 18.6. The number of carbonyl (C=O) groups is 1. The van der Waals surface area contributed by atoms with Crippen LogP contribution in [0.1, 0.15) is 48.4 Å². The highest BCUT2D eigenvalue weighted by Crippen LogP contribution is 2.74. The summed E-state index contributed by atoms with van der Waals surface area (Å²) < 4.78 is 2.00. The quantitative estimate of drug-likeness (QED) is 0.838. The summed E-state index contributed by atoms with van der Waals surface area (Å²) >= 11 is 0. The summed E-state index contributed by atoms with van der Waals surface area (Å²) in [5.74, 6) is 0.113. The molecule has 2 bridgehead atoms. The van der Waals surface area contributed by atoms with Gasteiger partial charge < -0.3 is 0 Å². The molecular weight excluding hydrogens is 340 g/mol. The molecule has 3 fully saturated rings. The van der Waals surface area contributed by atoms with E-state index in [1.54, 1.807) is 23.5 Å². The van der Waals surface area contributed by atoms with Crippen LogP contribution in [0.2, 0.25) is 0 Å². The Morgan fingerprint density at radius 2 is 2.15 bits per heavy atom. The first kappa shape index (κ1) is 16.2. The molecule has 3 saturated carbocycles. The second-order valence-corrected chi connectivity index (χ2v) is 8.34. The predicted octanol–water partition coefficient (Wildman–Crippen LogP) is 2.59. The smallest absolute Gasteiger partial charge is 0.249 e. The Balaban J connectivity index is 1.29. The molecule has 136 valence electrons. The van der Waals surface area contributed by atoms with Gasteiger partial charge in [0, 0.05) is 37.8 Å². The number of pyridine rings is 1. The molecule has 2 aromatic heterocycles. The summed E-state index contributed by atoms with van der Waals surface area (Å²) in [7, 11) is 0. The summed E-state index contributed by atoms with van der Waals surface area (Å²) in [6.07, 6.45) is 12.4. The van der Waals surface area contributed by atoms with Crippen molar-refractivity contribution < 1.29 is 4.79 Å². The molecule has 0 radical (unpaired) electrons. The van der Waals surface area contributed by atoms with Crippen LogP contribution in [0, 0.1) is 29.1 Å². The summed E-state index contributed by atoms with van der Waals surface area (Å²) in [6, 6.07) is 3.76. The number of hydrogen-bond acceptors (Lipinski definition) is 5. The summed E-state index contributed by atoms with van der Waals surface area (Å²) in [5, 5.41) is 19.5. The fourth-order valence-corrected chi connectivity index (χ4v) is 5.12. The van der Waals surface area contributed by atoms with Crippen molar-refractivity contribution in [3.63, 3.8) is 0 Å². The number of rotatable bonds is 4. The highest BCUT2D eigenvalue weighted by atomic mass is 16.2. The van der Waals surface area contributed by atoms with Crippen molar-refractivity contribution in [2.45, 2.75) is 45.2 Å². The van der Waals surface area contributed by atoms with Crippen LogP contribution in [0.4, 0.5) is 0 Å². The third-order valence-corrected chi connectivity index (χ3v) is 6.16. The molecule has 1 amide bonds. The molecule has 1 atom stereocenters. The average Bonchev–Trinajstić information content (AvgIpc) is 3.25. The second kappa shape index (κ2) is 5.49. The Morgan fingerprint density at radius 1 is 1.33 bits per heavy atom. The highest BCUT2D eigenvalue weighted by molar-refractivity contribution is 5.88. The van der Waals surface area contributed by atoms with Crippen molar-refractivity contribution in [1.82, 2.24) is 19.8 Å². The molecule has 3 heterocycles. The molecule has 7 heteroatoms. The SMILES string of the molecule is Cc1cnn(CC23CC(C(=O)N4N=CCC4c4cncc(C#N)c4)(C2)C3)c1. The maximum atomic E-state index is 13.2. The molecule has 3 aliphatic carbocycles. The van der Waals surface area contributed by atoms with E-state index in [4.69, 9.17) is 5.26 Å². The van der Waals surface area contributed by atoms with Crippen LogP contribution in [-0.2, 0) is 11.3 Å². The molecule has 4 aliphatic rings. The number of aryl methyl sites for hydroxylation is 1. The summed E-state index contributed by atoms with van der Waals surface area (Å²) in [5.41, 5.74) is 2.49. The molecular formula is C20H20N6O. The van der Waals surface area contributed by atoms with Crippen LogP contribution in [-0.4, -0.2) is 31.9 Å². The molecule has 2 aromatic rings. The van der Waals surface area contributed by atoms with Gasteiger partial charge in [-0.3, -0.25) is 14.5 Å². The molecule has 1 unspecified atom stereocenters. The third kappa shape index (κ3) is 2.40. The van der Waals surface area contributed by atoms with Gasteiger partial charge >= 0.3 is 0 Å². The van der Waals surface area contributed by atoms with Gasteiger partial charge in [0.05, 0.1) is 23.2 Å². The van der Waals surface area contributed by atoms with E-state index in [9.17, 15) is 4.79 Å². The van der Waals surface area contributed by atoms with E-state index in [-0.39, 0.29) is 22.8 Å². The van der Waals surface area contributed by atoms with E-state index in [1.165, 1.54) is 6.20 Å². The lowest BCUT2D eigenvalue weighted by atomic mass is 9.34. The van der Waals surface area contributed by atoms with Crippen molar-refractivity contribution in [3.05, 3.63) is 47.5 Å². The van der Waals surface area contributed by atoms with Crippen molar-refractivity contribution in [1.29, 1.82) is 5.26 Å². The highest BCUT2D eigenvalue weighted by Gasteiger charge is 2.72. The molecule has 0 N–H and O–H groups in total. The number of amides is 1. The maximum Gasteiger partial charge on any atom is 0.249 e. The van der Waals surface area contributed by atoms with E-state index in [1.807, 2.05) is 17.8 Å². The minimum Gasteiger partial charge on any atom is -0.272 e. The molecule has 27 heavy (non-hydrogen) atoms. The molecule has 1 aliphatic heterocycles. The topological polar surface area (TPSA) is 87.2 Å². The van der Waals surface area contributed by atoms with Crippen LogP contribution >= 0.6 is 0 Å². The Bertz CT molecular complexity index is 980. The molecule has 7 nitrogen and oxygen atoms in total. The molecule has 0 saturated heterocycles. The van der Waals surface area contributed by atoms with Crippen LogP contribution in [0.15, 0.2) is 36.0 Å². The number of carbonyl (C=O) groups excluding carboxylic acids is 1. The number of nitriles is 1. The third-order valence-electron chi connectivity index (χ3n) is 6.16. The van der Waals surface area contributed by atoms with Gasteiger partial charge in [0.1, 0.15) is 6.07 Å². The summed E-state index contributed by atoms with van der Waals surface area (Å²) in [4.78, 5) is 17.4. The van der Waals surface area contributed by atoms with Gasteiger partial charge in [0.15, 0.2) is 0 Å².